The maximum Gasteiger partial charge on any atom is 0.303 e. The first kappa shape index (κ1) is 19.4. The van der Waals surface area contributed by atoms with Gasteiger partial charge in [-0.3, -0.25) is 14.6 Å². The van der Waals surface area contributed by atoms with Gasteiger partial charge >= 0.3 is 5.97 Å². The number of nitrogens with zero attached hydrogens (tertiary/aromatic N) is 1. The van der Waals surface area contributed by atoms with E-state index in [4.69, 9.17) is 9.84 Å². The molecule has 1 heterocycles. The van der Waals surface area contributed by atoms with Gasteiger partial charge in [-0.05, 0) is 55.0 Å². The fraction of sp³-hybridized carbons (Fsp3) is 0.350. The summed E-state index contributed by atoms with van der Waals surface area (Å²) >= 11 is 0. The number of carbonyl (C=O) groups is 2. The second-order valence-corrected chi connectivity index (χ2v) is 6.18. The first-order valence-corrected chi connectivity index (χ1v) is 8.57. The van der Waals surface area contributed by atoms with Gasteiger partial charge in [0.2, 0.25) is 5.91 Å². The van der Waals surface area contributed by atoms with E-state index in [0.717, 1.165) is 36.1 Å². The highest BCUT2D eigenvalue weighted by Crippen LogP contribution is 2.20. The second kappa shape index (κ2) is 9.56. The number of aryl methyl sites for hydroxylation is 3. The lowest BCUT2D eigenvalue weighted by molar-refractivity contribution is -0.138. The van der Waals surface area contributed by atoms with Crippen molar-refractivity contribution in [3.8, 4) is 5.75 Å². The zero-order chi connectivity index (χ0) is 18.9. The Hall–Kier alpha value is -2.89. The summed E-state index contributed by atoms with van der Waals surface area (Å²) in [5, 5.41) is 11.3. The zero-order valence-corrected chi connectivity index (χ0v) is 15.1. The van der Waals surface area contributed by atoms with Gasteiger partial charge in [0, 0.05) is 12.6 Å². The Kier molecular flexibility index (Phi) is 7.14. The minimum absolute atomic E-state index is 0.0468. The summed E-state index contributed by atoms with van der Waals surface area (Å²) in [5.41, 5.74) is 3.96. The van der Waals surface area contributed by atoms with Gasteiger partial charge in [0.15, 0.2) is 0 Å². The van der Waals surface area contributed by atoms with Crippen molar-refractivity contribution in [1.29, 1.82) is 0 Å². The predicted molar refractivity (Wildman–Crippen MR) is 99.5 cm³/mol. The standard InChI is InChI=1S/C20H24N2O4/c1-14-6-7-15(11-18(14)26-2)4-3-5-16-10-17(13-21-12-16)22-19(23)8-9-20(24)25/h6-7,10-13H,3-5,8-9H2,1-2H3,(H,22,23)(H,24,25). The Morgan fingerprint density at radius 1 is 1.12 bits per heavy atom. The maximum atomic E-state index is 11.7. The quantitative estimate of drug-likeness (QED) is 0.719. The lowest BCUT2D eigenvalue weighted by Crippen LogP contribution is -2.13. The monoisotopic (exact) mass is 356 g/mol. The number of carboxylic acid groups (broad SMARTS) is 1. The third-order valence-corrected chi connectivity index (χ3v) is 4.05. The lowest BCUT2D eigenvalue weighted by Gasteiger charge is -2.09. The minimum Gasteiger partial charge on any atom is -0.496 e. The van der Waals surface area contributed by atoms with Crippen molar-refractivity contribution in [2.45, 2.75) is 39.0 Å². The van der Waals surface area contributed by atoms with Gasteiger partial charge in [-0.25, -0.2) is 0 Å². The highest BCUT2D eigenvalue weighted by molar-refractivity contribution is 5.92. The van der Waals surface area contributed by atoms with E-state index in [1.54, 1.807) is 19.5 Å². The van der Waals surface area contributed by atoms with E-state index in [-0.39, 0.29) is 18.7 Å². The van der Waals surface area contributed by atoms with Crippen LogP contribution in [0.1, 0.15) is 36.0 Å². The molecule has 2 N–H and O–H groups in total. The molecule has 0 aliphatic carbocycles. The SMILES string of the molecule is COc1cc(CCCc2cncc(NC(=O)CCC(=O)O)c2)ccc1C. The number of hydrogen-bond donors (Lipinski definition) is 2. The van der Waals surface area contributed by atoms with Crippen molar-refractivity contribution in [3.63, 3.8) is 0 Å². The van der Waals surface area contributed by atoms with Crippen LogP contribution < -0.4 is 10.1 Å². The number of amides is 1. The summed E-state index contributed by atoms with van der Waals surface area (Å²) in [7, 11) is 1.67. The van der Waals surface area contributed by atoms with Crippen LogP contribution in [0.3, 0.4) is 0 Å². The average molecular weight is 356 g/mol. The van der Waals surface area contributed by atoms with Crippen molar-refractivity contribution in [2.24, 2.45) is 0 Å². The number of hydrogen-bond acceptors (Lipinski definition) is 4. The fourth-order valence-electron chi connectivity index (χ4n) is 2.65. The Bertz CT molecular complexity index is 774. The molecule has 0 bridgehead atoms. The van der Waals surface area contributed by atoms with Gasteiger partial charge < -0.3 is 15.2 Å². The van der Waals surface area contributed by atoms with Gasteiger partial charge in [0.1, 0.15) is 5.75 Å². The summed E-state index contributed by atoms with van der Waals surface area (Å²) in [4.78, 5) is 26.4. The van der Waals surface area contributed by atoms with E-state index in [1.807, 2.05) is 13.0 Å². The number of ether oxygens (including phenoxy) is 1. The maximum absolute atomic E-state index is 11.7. The molecule has 138 valence electrons. The van der Waals surface area contributed by atoms with Gasteiger partial charge in [-0.2, -0.15) is 0 Å². The summed E-state index contributed by atoms with van der Waals surface area (Å²) in [6.07, 6.45) is 5.82. The fourth-order valence-corrected chi connectivity index (χ4v) is 2.65. The Labute approximate surface area is 153 Å². The number of aliphatic carboxylic acids is 1. The molecule has 0 radical (unpaired) electrons. The molecule has 6 nitrogen and oxygen atoms in total. The second-order valence-electron chi connectivity index (χ2n) is 6.18. The molecule has 0 atom stereocenters. The number of pyridine rings is 1. The lowest BCUT2D eigenvalue weighted by atomic mass is 10.0. The van der Waals surface area contributed by atoms with E-state index in [9.17, 15) is 9.59 Å². The molecule has 1 amide bonds. The molecule has 2 aromatic rings. The molecule has 0 unspecified atom stereocenters. The topological polar surface area (TPSA) is 88.5 Å². The molecule has 1 aromatic heterocycles. The Morgan fingerprint density at radius 2 is 1.88 bits per heavy atom. The summed E-state index contributed by atoms with van der Waals surface area (Å²) in [5.74, 6) is -0.409. The van der Waals surface area contributed by atoms with Gasteiger partial charge in [-0.15, -0.1) is 0 Å². The average Bonchev–Trinajstić information content (AvgIpc) is 2.62. The van der Waals surface area contributed by atoms with E-state index in [0.29, 0.717) is 5.69 Å². The summed E-state index contributed by atoms with van der Waals surface area (Å²) in [6.45, 7) is 2.02. The third kappa shape index (κ3) is 6.20. The largest absolute Gasteiger partial charge is 0.496 e. The van der Waals surface area contributed by atoms with Crippen molar-refractivity contribution in [1.82, 2.24) is 4.98 Å². The van der Waals surface area contributed by atoms with Crippen LogP contribution in [0.15, 0.2) is 36.7 Å². The molecule has 0 aliphatic heterocycles. The number of benzene rings is 1. The Balaban J connectivity index is 1.86. The number of carboxylic acids is 1. The first-order valence-electron chi connectivity index (χ1n) is 8.57. The predicted octanol–water partition coefficient (Wildman–Crippen LogP) is 3.38. The van der Waals surface area contributed by atoms with Crippen LogP contribution in [0, 0.1) is 6.92 Å². The van der Waals surface area contributed by atoms with E-state index in [1.165, 1.54) is 5.56 Å². The van der Waals surface area contributed by atoms with E-state index in [2.05, 4.69) is 28.5 Å². The normalized spacial score (nSPS) is 10.4. The smallest absolute Gasteiger partial charge is 0.303 e. The molecule has 0 fully saturated rings. The number of aromatic nitrogens is 1. The van der Waals surface area contributed by atoms with Crippen molar-refractivity contribution in [2.75, 3.05) is 12.4 Å². The third-order valence-electron chi connectivity index (χ3n) is 4.05. The van der Waals surface area contributed by atoms with Crippen molar-refractivity contribution in [3.05, 3.63) is 53.3 Å². The molecular formula is C20H24N2O4. The number of nitrogens with one attached hydrogen (secondary N) is 1. The molecule has 6 heteroatoms. The molecule has 0 saturated heterocycles. The highest BCUT2D eigenvalue weighted by atomic mass is 16.5. The first-order chi connectivity index (χ1) is 12.5. The minimum atomic E-state index is -0.986. The molecule has 0 aliphatic rings. The van der Waals surface area contributed by atoms with Crippen molar-refractivity contribution < 1.29 is 19.4 Å². The van der Waals surface area contributed by atoms with Gasteiger partial charge in [0.25, 0.3) is 0 Å². The molecule has 26 heavy (non-hydrogen) atoms. The van der Waals surface area contributed by atoms with E-state index < -0.39 is 5.97 Å². The van der Waals surface area contributed by atoms with Crippen LogP contribution in [-0.2, 0) is 22.4 Å². The molecule has 0 saturated carbocycles. The molecule has 2 rings (SSSR count). The number of methoxy groups -OCH3 is 1. The van der Waals surface area contributed by atoms with Gasteiger partial charge in [-0.1, -0.05) is 12.1 Å². The molecule has 1 aromatic carbocycles. The Morgan fingerprint density at radius 3 is 2.62 bits per heavy atom. The summed E-state index contributed by atoms with van der Waals surface area (Å²) in [6, 6.07) is 8.10. The zero-order valence-electron chi connectivity index (χ0n) is 15.1. The number of carbonyl (C=O) groups excluding carboxylic acids is 1. The molecular weight excluding hydrogens is 332 g/mol. The number of anilines is 1. The van der Waals surface area contributed by atoms with Crippen LogP contribution in [0.5, 0.6) is 5.75 Å². The summed E-state index contributed by atoms with van der Waals surface area (Å²) < 4.78 is 5.35. The van der Waals surface area contributed by atoms with Crippen molar-refractivity contribution >= 4 is 17.6 Å². The van der Waals surface area contributed by atoms with Crippen LogP contribution in [0.4, 0.5) is 5.69 Å². The number of rotatable bonds is 9. The van der Waals surface area contributed by atoms with Gasteiger partial charge in [0.05, 0.1) is 25.4 Å². The van der Waals surface area contributed by atoms with Crippen LogP contribution >= 0.6 is 0 Å². The highest BCUT2D eigenvalue weighted by Gasteiger charge is 2.07. The molecule has 0 spiro atoms. The van der Waals surface area contributed by atoms with E-state index >= 15 is 0 Å². The van der Waals surface area contributed by atoms with Crippen LogP contribution in [-0.4, -0.2) is 29.1 Å². The van der Waals surface area contributed by atoms with Crippen LogP contribution in [0.2, 0.25) is 0 Å². The van der Waals surface area contributed by atoms with Crippen LogP contribution in [0.25, 0.3) is 0 Å².